The topological polar surface area (TPSA) is 26.3 Å². The molecule has 1 aliphatic heterocycles. The third-order valence-corrected chi connectivity index (χ3v) is 3.24. The molecule has 2 nitrogen and oxygen atoms in total. The van der Waals surface area contributed by atoms with Crippen LogP contribution < -0.4 is 0 Å². The highest BCUT2D eigenvalue weighted by Crippen LogP contribution is 2.31. The van der Waals surface area contributed by atoms with E-state index in [0.717, 1.165) is 19.3 Å². The molecular formula is C14H26O2. The lowest BCUT2D eigenvalue weighted by molar-refractivity contribution is -0.144. The van der Waals surface area contributed by atoms with Gasteiger partial charge in [-0.2, -0.15) is 0 Å². The van der Waals surface area contributed by atoms with Crippen LogP contribution in [0.2, 0.25) is 0 Å². The van der Waals surface area contributed by atoms with Crippen molar-refractivity contribution in [3.05, 3.63) is 0 Å². The lowest BCUT2D eigenvalue weighted by Crippen LogP contribution is -2.14. The minimum Gasteiger partial charge on any atom is -0.462 e. The molecule has 0 radical (unpaired) electrons. The van der Waals surface area contributed by atoms with E-state index in [-0.39, 0.29) is 18.0 Å². The molecule has 1 unspecified atom stereocenters. The van der Waals surface area contributed by atoms with Crippen molar-refractivity contribution in [2.45, 2.75) is 66.4 Å². The standard InChI is InChI=1S/C14H26O2/c1-10(9-14(3,4)5)6-7-12-8-11(2)16-13(12)15/h10-12H,6-9H2,1-5H3/t10?,11-,12+/m0/s1. The van der Waals surface area contributed by atoms with Crippen LogP contribution in [-0.4, -0.2) is 12.1 Å². The van der Waals surface area contributed by atoms with E-state index in [0.29, 0.717) is 11.3 Å². The van der Waals surface area contributed by atoms with Gasteiger partial charge in [-0.05, 0) is 43.9 Å². The second-order valence-corrected chi connectivity index (χ2v) is 6.63. The molecule has 1 saturated heterocycles. The van der Waals surface area contributed by atoms with Gasteiger partial charge in [0.15, 0.2) is 0 Å². The van der Waals surface area contributed by atoms with E-state index in [4.69, 9.17) is 4.74 Å². The van der Waals surface area contributed by atoms with Crippen molar-refractivity contribution in [1.29, 1.82) is 0 Å². The molecular weight excluding hydrogens is 200 g/mol. The first-order chi connectivity index (χ1) is 7.28. The molecule has 1 rings (SSSR count). The van der Waals surface area contributed by atoms with E-state index in [1.165, 1.54) is 6.42 Å². The fraction of sp³-hybridized carbons (Fsp3) is 0.929. The minimum atomic E-state index is 0.0236. The Bertz CT molecular complexity index is 240. The fourth-order valence-corrected chi connectivity index (χ4v) is 2.71. The normalized spacial score (nSPS) is 27.9. The Balaban J connectivity index is 2.27. The highest BCUT2D eigenvalue weighted by molar-refractivity contribution is 5.74. The van der Waals surface area contributed by atoms with Crippen molar-refractivity contribution in [2.24, 2.45) is 17.3 Å². The zero-order valence-electron chi connectivity index (χ0n) is 11.4. The van der Waals surface area contributed by atoms with Gasteiger partial charge in [0.1, 0.15) is 0 Å². The summed E-state index contributed by atoms with van der Waals surface area (Å²) >= 11 is 0. The zero-order chi connectivity index (χ0) is 12.3. The molecule has 16 heavy (non-hydrogen) atoms. The number of rotatable bonds is 4. The van der Waals surface area contributed by atoms with Crippen molar-refractivity contribution in [3.63, 3.8) is 0 Å². The largest absolute Gasteiger partial charge is 0.462 e. The fourth-order valence-electron chi connectivity index (χ4n) is 2.71. The maximum absolute atomic E-state index is 11.5. The van der Waals surface area contributed by atoms with E-state index in [1.54, 1.807) is 0 Å². The van der Waals surface area contributed by atoms with Crippen LogP contribution >= 0.6 is 0 Å². The number of esters is 1. The summed E-state index contributed by atoms with van der Waals surface area (Å²) in [6.45, 7) is 11.1. The van der Waals surface area contributed by atoms with Crippen molar-refractivity contribution in [3.8, 4) is 0 Å². The van der Waals surface area contributed by atoms with Crippen LogP contribution in [0.3, 0.4) is 0 Å². The lowest BCUT2D eigenvalue weighted by atomic mass is 9.82. The molecule has 0 spiro atoms. The molecule has 0 bridgehead atoms. The quantitative estimate of drug-likeness (QED) is 0.682. The third-order valence-electron chi connectivity index (χ3n) is 3.24. The molecule has 0 aromatic rings. The number of carbonyl (C=O) groups is 1. The van der Waals surface area contributed by atoms with Gasteiger partial charge in [-0.15, -0.1) is 0 Å². The first-order valence-corrected chi connectivity index (χ1v) is 6.48. The summed E-state index contributed by atoms with van der Waals surface area (Å²) in [5, 5.41) is 0. The van der Waals surface area contributed by atoms with Crippen LogP contribution in [-0.2, 0) is 9.53 Å². The summed E-state index contributed by atoms with van der Waals surface area (Å²) in [6.07, 6.45) is 4.42. The van der Waals surface area contributed by atoms with Crippen molar-refractivity contribution in [1.82, 2.24) is 0 Å². The molecule has 0 amide bonds. The highest BCUT2D eigenvalue weighted by Gasteiger charge is 2.31. The van der Waals surface area contributed by atoms with E-state index >= 15 is 0 Å². The Hall–Kier alpha value is -0.530. The molecule has 1 aliphatic rings. The maximum atomic E-state index is 11.5. The Labute approximate surface area is 99.8 Å². The molecule has 94 valence electrons. The van der Waals surface area contributed by atoms with Crippen LogP contribution in [0.1, 0.15) is 60.3 Å². The van der Waals surface area contributed by atoms with Gasteiger partial charge in [0.05, 0.1) is 12.0 Å². The molecule has 0 N–H and O–H groups in total. The van der Waals surface area contributed by atoms with E-state index in [1.807, 2.05) is 6.92 Å². The molecule has 2 heteroatoms. The predicted octanol–water partition coefficient (Wildman–Crippen LogP) is 3.79. The maximum Gasteiger partial charge on any atom is 0.309 e. The third kappa shape index (κ3) is 4.54. The average Bonchev–Trinajstić information content (AvgIpc) is 2.38. The van der Waals surface area contributed by atoms with Crippen molar-refractivity contribution >= 4 is 5.97 Å². The van der Waals surface area contributed by atoms with Gasteiger partial charge in [-0.3, -0.25) is 4.79 Å². The minimum absolute atomic E-state index is 0.0236. The number of hydrogen-bond acceptors (Lipinski definition) is 2. The van der Waals surface area contributed by atoms with Crippen LogP contribution in [0.5, 0.6) is 0 Å². The van der Waals surface area contributed by atoms with Crippen LogP contribution in [0.15, 0.2) is 0 Å². The molecule has 0 aromatic carbocycles. The van der Waals surface area contributed by atoms with Gasteiger partial charge in [-0.1, -0.05) is 27.7 Å². The number of carbonyl (C=O) groups excluding carboxylic acids is 1. The first kappa shape index (κ1) is 13.5. The van der Waals surface area contributed by atoms with Crippen LogP contribution in [0.25, 0.3) is 0 Å². The van der Waals surface area contributed by atoms with E-state index in [2.05, 4.69) is 27.7 Å². The summed E-state index contributed by atoms with van der Waals surface area (Å²) in [5.74, 6) is 0.886. The molecule has 1 fully saturated rings. The Morgan fingerprint density at radius 3 is 2.50 bits per heavy atom. The Morgan fingerprint density at radius 2 is 2.06 bits per heavy atom. The summed E-state index contributed by atoms with van der Waals surface area (Å²) in [6, 6.07) is 0. The summed E-state index contributed by atoms with van der Waals surface area (Å²) in [4.78, 5) is 11.5. The number of cyclic esters (lactones) is 1. The van der Waals surface area contributed by atoms with Gasteiger partial charge in [0, 0.05) is 0 Å². The summed E-state index contributed by atoms with van der Waals surface area (Å²) < 4.78 is 5.17. The number of ether oxygens (including phenoxy) is 1. The average molecular weight is 226 g/mol. The first-order valence-electron chi connectivity index (χ1n) is 6.48. The molecule has 0 aromatic heterocycles. The van der Waals surface area contributed by atoms with E-state index < -0.39 is 0 Å². The predicted molar refractivity (Wildman–Crippen MR) is 66.1 cm³/mol. The zero-order valence-corrected chi connectivity index (χ0v) is 11.4. The summed E-state index contributed by atoms with van der Waals surface area (Å²) in [5.41, 5.74) is 0.392. The van der Waals surface area contributed by atoms with Crippen molar-refractivity contribution in [2.75, 3.05) is 0 Å². The number of hydrogen-bond donors (Lipinski definition) is 0. The van der Waals surface area contributed by atoms with Gasteiger partial charge in [-0.25, -0.2) is 0 Å². The molecule has 3 atom stereocenters. The Morgan fingerprint density at radius 1 is 1.44 bits per heavy atom. The van der Waals surface area contributed by atoms with E-state index in [9.17, 15) is 4.79 Å². The van der Waals surface area contributed by atoms with Gasteiger partial charge >= 0.3 is 5.97 Å². The van der Waals surface area contributed by atoms with Gasteiger partial charge < -0.3 is 4.74 Å². The second-order valence-electron chi connectivity index (χ2n) is 6.63. The highest BCUT2D eigenvalue weighted by atomic mass is 16.5. The van der Waals surface area contributed by atoms with Crippen molar-refractivity contribution < 1.29 is 9.53 Å². The smallest absolute Gasteiger partial charge is 0.309 e. The molecule has 1 heterocycles. The van der Waals surface area contributed by atoms with Crippen LogP contribution in [0, 0.1) is 17.3 Å². The van der Waals surface area contributed by atoms with Gasteiger partial charge in [0.25, 0.3) is 0 Å². The lowest BCUT2D eigenvalue weighted by Gasteiger charge is -2.23. The SMILES string of the molecule is CC(CC[C@@H]1C[C@H](C)OC1=O)CC(C)(C)C. The molecule has 0 saturated carbocycles. The summed E-state index contributed by atoms with van der Waals surface area (Å²) in [7, 11) is 0. The van der Waals surface area contributed by atoms with Gasteiger partial charge in [0.2, 0.25) is 0 Å². The van der Waals surface area contributed by atoms with Crippen LogP contribution in [0.4, 0.5) is 0 Å². The second kappa shape index (κ2) is 5.20. The Kier molecular flexibility index (Phi) is 4.40. The molecule has 0 aliphatic carbocycles. The monoisotopic (exact) mass is 226 g/mol.